The summed E-state index contributed by atoms with van der Waals surface area (Å²) in [7, 11) is 0. The van der Waals surface area contributed by atoms with Gasteiger partial charge in [-0.15, -0.1) is 0 Å². The monoisotopic (exact) mass is 253 g/mol. The Hall–Kier alpha value is -1.65. The van der Waals surface area contributed by atoms with E-state index in [1.165, 1.54) is 12.2 Å². The lowest BCUT2D eigenvalue weighted by Gasteiger charge is -2.12. The lowest BCUT2D eigenvalue weighted by atomic mass is 10.2. The Morgan fingerprint density at radius 3 is 2.44 bits per heavy atom. The van der Waals surface area contributed by atoms with E-state index in [1.54, 1.807) is 0 Å². The molecule has 0 fully saturated rings. The van der Waals surface area contributed by atoms with E-state index < -0.39 is 0 Å². The molecule has 18 heavy (non-hydrogen) atoms. The van der Waals surface area contributed by atoms with Crippen LogP contribution in [0, 0.1) is 0 Å². The standard InChI is InChI=1S/C13H19NO4/c1-2-3-4-5-10-18-13(17)8-9-14-11(15)6-7-12(14)16/h6-7H,2-5,8-10H2,1H3. The van der Waals surface area contributed by atoms with Gasteiger partial charge >= 0.3 is 5.97 Å². The van der Waals surface area contributed by atoms with Gasteiger partial charge < -0.3 is 4.74 Å². The largest absolute Gasteiger partial charge is 0.466 e. The van der Waals surface area contributed by atoms with Gasteiger partial charge in [-0.3, -0.25) is 19.3 Å². The lowest BCUT2D eigenvalue weighted by Crippen LogP contribution is -2.32. The van der Waals surface area contributed by atoms with Crippen molar-refractivity contribution in [2.24, 2.45) is 0 Å². The zero-order chi connectivity index (χ0) is 13.4. The van der Waals surface area contributed by atoms with Gasteiger partial charge in [-0.1, -0.05) is 26.2 Å². The second-order valence-electron chi connectivity index (χ2n) is 4.19. The van der Waals surface area contributed by atoms with Gasteiger partial charge in [-0.2, -0.15) is 0 Å². The van der Waals surface area contributed by atoms with Crippen LogP contribution in [0.25, 0.3) is 0 Å². The highest BCUT2D eigenvalue weighted by atomic mass is 16.5. The van der Waals surface area contributed by atoms with Crippen molar-refractivity contribution in [3.63, 3.8) is 0 Å². The van der Waals surface area contributed by atoms with Crippen LogP contribution < -0.4 is 0 Å². The highest BCUT2D eigenvalue weighted by Crippen LogP contribution is 2.05. The van der Waals surface area contributed by atoms with Crippen LogP contribution in [0.3, 0.4) is 0 Å². The molecular weight excluding hydrogens is 234 g/mol. The number of ether oxygens (including phenoxy) is 1. The van der Waals surface area contributed by atoms with E-state index in [0.29, 0.717) is 6.61 Å². The molecule has 0 N–H and O–H groups in total. The molecule has 5 nitrogen and oxygen atoms in total. The van der Waals surface area contributed by atoms with Crippen molar-refractivity contribution >= 4 is 17.8 Å². The summed E-state index contributed by atoms with van der Waals surface area (Å²) in [6.45, 7) is 2.63. The summed E-state index contributed by atoms with van der Waals surface area (Å²) >= 11 is 0. The predicted octanol–water partition coefficient (Wildman–Crippen LogP) is 1.43. The molecule has 0 atom stereocenters. The summed E-state index contributed by atoms with van der Waals surface area (Å²) in [5.74, 6) is -1.09. The van der Waals surface area contributed by atoms with Crippen molar-refractivity contribution in [1.29, 1.82) is 0 Å². The van der Waals surface area contributed by atoms with E-state index in [0.717, 1.165) is 30.6 Å². The molecular formula is C13H19NO4. The molecule has 100 valence electrons. The smallest absolute Gasteiger partial charge is 0.307 e. The number of amides is 2. The number of carbonyl (C=O) groups excluding carboxylic acids is 3. The Balaban J connectivity index is 2.10. The second-order valence-corrected chi connectivity index (χ2v) is 4.19. The third-order valence-electron chi connectivity index (χ3n) is 2.70. The average Bonchev–Trinajstić information content (AvgIpc) is 2.66. The van der Waals surface area contributed by atoms with Gasteiger partial charge in [0.05, 0.1) is 13.0 Å². The molecule has 1 aliphatic rings. The van der Waals surface area contributed by atoms with Gasteiger partial charge in [-0.25, -0.2) is 0 Å². The molecule has 1 rings (SSSR count). The highest BCUT2D eigenvalue weighted by Gasteiger charge is 2.23. The zero-order valence-electron chi connectivity index (χ0n) is 10.7. The molecule has 0 aromatic rings. The number of esters is 1. The van der Waals surface area contributed by atoms with Crippen LogP contribution in [0.1, 0.15) is 39.0 Å². The van der Waals surface area contributed by atoms with Crippen molar-refractivity contribution in [2.45, 2.75) is 39.0 Å². The molecule has 0 saturated carbocycles. The van der Waals surface area contributed by atoms with Crippen molar-refractivity contribution in [3.05, 3.63) is 12.2 Å². The van der Waals surface area contributed by atoms with E-state index in [-0.39, 0.29) is 30.7 Å². The topological polar surface area (TPSA) is 63.7 Å². The van der Waals surface area contributed by atoms with Gasteiger partial charge in [0.25, 0.3) is 11.8 Å². The van der Waals surface area contributed by atoms with Crippen LogP contribution in [0.5, 0.6) is 0 Å². The number of nitrogens with zero attached hydrogens (tertiary/aromatic N) is 1. The molecule has 0 bridgehead atoms. The molecule has 0 aromatic carbocycles. The van der Waals surface area contributed by atoms with E-state index in [1.807, 2.05) is 0 Å². The number of carbonyl (C=O) groups is 3. The van der Waals surface area contributed by atoms with Crippen LogP contribution in [0.4, 0.5) is 0 Å². The van der Waals surface area contributed by atoms with Crippen LogP contribution in [-0.2, 0) is 19.1 Å². The molecule has 0 aliphatic carbocycles. The van der Waals surface area contributed by atoms with Gasteiger partial charge in [-0.05, 0) is 6.42 Å². The number of imide groups is 1. The first-order chi connectivity index (χ1) is 8.65. The second kappa shape index (κ2) is 7.63. The van der Waals surface area contributed by atoms with Crippen LogP contribution in [0.15, 0.2) is 12.2 Å². The normalized spacial score (nSPS) is 14.4. The Kier molecular flexibility index (Phi) is 6.11. The van der Waals surface area contributed by atoms with Crippen molar-refractivity contribution in [2.75, 3.05) is 13.2 Å². The minimum atomic E-state index is -0.365. The summed E-state index contributed by atoms with van der Waals surface area (Å²) in [5.41, 5.74) is 0. The maximum atomic E-state index is 11.4. The number of hydrogen-bond acceptors (Lipinski definition) is 4. The first kappa shape index (κ1) is 14.4. The van der Waals surface area contributed by atoms with Crippen molar-refractivity contribution in [3.8, 4) is 0 Å². The van der Waals surface area contributed by atoms with E-state index in [9.17, 15) is 14.4 Å². The molecule has 1 aliphatic heterocycles. The molecule has 0 spiro atoms. The van der Waals surface area contributed by atoms with Crippen molar-refractivity contribution in [1.82, 2.24) is 4.90 Å². The average molecular weight is 253 g/mol. The SMILES string of the molecule is CCCCCCOC(=O)CCN1C(=O)C=CC1=O. The summed E-state index contributed by atoms with van der Waals surface area (Å²) in [5, 5.41) is 0. The molecule has 0 aromatic heterocycles. The van der Waals surface area contributed by atoms with Gasteiger partial charge in [0.15, 0.2) is 0 Å². The Morgan fingerprint density at radius 1 is 1.17 bits per heavy atom. The van der Waals surface area contributed by atoms with E-state index in [4.69, 9.17) is 4.74 Å². The fourth-order valence-corrected chi connectivity index (χ4v) is 1.64. The van der Waals surface area contributed by atoms with Gasteiger partial charge in [0, 0.05) is 18.7 Å². The van der Waals surface area contributed by atoms with Crippen LogP contribution in [-0.4, -0.2) is 35.8 Å². The highest BCUT2D eigenvalue weighted by molar-refractivity contribution is 6.12. The summed E-state index contributed by atoms with van der Waals surface area (Å²) < 4.78 is 5.01. The van der Waals surface area contributed by atoms with Crippen molar-refractivity contribution < 1.29 is 19.1 Å². The maximum Gasteiger partial charge on any atom is 0.307 e. The van der Waals surface area contributed by atoms with E-state index in [2.05, 4.69) is 6.92 Å². The molecule has 0 saturated heterocycles. The number of rotatable bonds is 8. The Bertz CT molecular complexity index is 331. The van der Waals surface area contributed by atoms with Crippen LogP contribution in [0.2, 0.25) is 0 Å². The fraction of sp³-hybridized carbons (Fsp3) is 0.615. The Labute approximate surface area is 107 Å². The Morgan fingerprint density at radius 2 is 1.83 bits per heavy atom. The lowest BCUT2D eigenvalue weighted by molar-refractivity contribution is -0.145. The summed E-state index contributed by atoms with van der Waals surface area (Å²) in [6, 6.07) is 0. The first-order valence-corrected chi connectivity index (χ1v) is 6.34. The van der Waals surface area contributed by atoms with Crippen LogP contribution >= 0.6 is 0 Å². The maximum absolute atomic E-state index is 11.4. The van der Waals surface area contributed by atoms with Gasteiger partial charge in [0.1, 0.15) is 0 Å². The summed E-state index contributed by atoms with van der Waals surface area (Å²) in [4.78, 5) is 34.8. The van der Waals surface area contributed by atoms with Gasteiger partial charge in [0.2, 0.25) is 0 Å². The minimum Gasteiger partial charge on any atom is -0.466 e. The molecule has 1 heterocycles. The number of unbranched alkanes of at least 4 members (excludes halogenated alkanes) is 3. The van der Waals surface area contributed by atoms with E-state index >= 15 is 0 Å². The number of hydrogen-bond donors (Lipinski definition) is 0. The quantitative estimate of drug-likeness (QED) is 0.373. The molecule has 5 heteroatoms. The third kappa shape index (κ3) is 4.69. The summed E-state index contributed by atoms with van der Waals surface area (Å²) in [6.07, 6.45) is 6.67. The minimum absolute atomic E-state index is 0.0624. The first-order valence-electron chi connectivity index (χ1n) is 6.34. The zero-order valence-corrected chi connectivity index (χ0v) is 10.7. The molecule has 0 radical (unpaired) electrons. The predicted molar refractivity (Wildman–Crippen MR) is 65.6 cm³/mol. The third-order valence-corrected chi connectivity index (χ3v) is 2.70. The fourth-order valence-electron chi connectivity index (χ4n) is 1.64. The molecule has 0 unspecified atom stereocenters. The molecule has 2 amide bonds.